The van der Waals surface area contributed by atoms with Gasteiger partial charge in [0.1, 0.15) is 0 Å². The Kier molecular flexibility index (Phi) is 47.4. The van der Waals surface area contributed by atoms with Crippen LogP contribution in [0, 0.1) is 0 Å². The van der Waals surface area contributed by atoms with Gasteiger partial charge in [-0.05, 0) is 192 Å². The van der Waals surface area contributed by atoms with E-state index in [1.807, 2.05) is 83.1 Å². The van der Waals surface area contributed by atoms with Crippen molar-refractivity contribution in [3.05, 3.63) is 228 Å². The van der Waals surface area contributed by atoms with Gasteiger partial charge in [0.25, 0.3) is 0 Å². The van der Waals surface area contributed by atoms with Crippen molar-refractivity contribution in [1.82, 2.24) is 0 Å². The summed E-state index contributed by atoms with van der Waals surface area (Å²) in [6, 6.07) is 7.01. The van der Waals surface area contributed by atoms with Gasteiger partial charge in [-0.25, -0.2) is 0 Å². The summed E-state index contributed by atoms with van der Waals surface area (Å²) in [6.07, 6.45) is 12.6. The molecule has 1 aromatic rings. The molecule has 10 rings (SSSR count). The molecule has 0 fully saturated rings. The lowest BCUT2D eigenvalue weighted by atomic mass is 9.84. The highest BCUT2D eigenvalue weighted by atomic mass is 16.5. The number of hydrogen-bond donors (Lipinski definition) is 0. The van der Waals surface area contributed by atoms with Gasteiger partial charge in [0.15, 0.2) is 104 Å². The standard InChI is InChI=1S/C14H20O3.C13H12O2.C12H16O3.2C11H14O3.C11H14O2.2C10H12O3.C10H12O2.C2H6/c1-5-7-8-11-13(16)10(6-2)9(3)12(15)14(11)17-4;1-3-9-8(2)12(14)10-6-4-5-7-11(10)13(9)15;1-5-8-7(3)10(13)12(15-4)9(6-2)11(8)14;1-5-8-6(2)10(13)11(14-4)7(3)9(8)12;1-5-8-6(2)9(12)7(3)11(14-4)10(8)13;1-5-9-8(4)10(12)6(2)7(3)11(9)13;1-4-7-5-8(11)10(13-3)6(2)9(7)12;1-4-7-5-8(11)6(2)10(13-3)9(7)12;1-4-8-5-9(11)6(2)7(3)10(8)12;1-2/h5-8H2,1-4H3;4-7H,3H2,1-2H3;5-6H2,1-4H3;2*5H2,1-4H3;5H2,1-4H3;2*5H,4H2,1-3H3;5H,4H2,1-3H3;1-2H3. The fraction of sp³-hybridized carbons (Fsp3) is 0.442. The lowest BCUT2D eigenvalue weighted by molar-refractivity contribution is -0.119. The molecule has 9 aliphatic rings. The van der Waals surface area contributed by atoms with E-state index in [4.69, 9.17) is 28.4 Å². The second-order valence-electron chi connectivity index (χ2n) is 30.0. The van der Waals surface area contributed by atoms with Crippen LogP contribution in [0.15, 0.2) is 216 Å². The van der Waals surface area contributed by atoms with Gasteiger partial charge < -0.3 is 28.4 Å². The summed E-state index contributed by atoms with van der Waals surface area (Å²) in [7, 11) is 8.51. The maximum atomic E-state index is 12.2. The van der Waals surface area contributed by atoms with Crippen molar-refractivity contribution in [1.29, 1.82) is 0 Å². The highest BCUT2D eigenvalue weighted by molar-refractivity contribution is 6.30. The van der Waals surface area contributed by atoms with Crippen molar-refractivity contribution < 1.29 is 115 Å². The third-order valence-corrected chi connectivity index (χ3v) is 22.9. The highest BCUT2D eigenvalue weighted by Gasteiger charge is 2.37. The number of fused-ring (bicyclic) bond motifs is 1. The van der Waals surface area contributed by atoms with Crippen LogP contribution < -0.4 is 0 Å². The molecule has 24 nitrogen and oxygen atoms in total. The van der Waals surface area contributed by atoms with Crippen molar-refractivity contribution in [2.24, 2.45) is 0 Å². The summed E-state index contributed by atoms with van der Waals surface area (Å²) in [5, 5.41) is 0. The van der Waals surface area contributed by atoms with E-state index in [-0.39, 0.29) is 139 Å². The summed E-state index contributed by atoms with van der Waals surface area (Å²) in [4.78, 5) is 210. The lowest BCUT2D eigenvalue weighted by Gasteiger charge is -2.20. The molecule has 692 valence electrons. The summed E-state index contributed by atoms with van der Waals surface area (Å²) < 4.78 is 29.7. The minimum atomic E-state index is -0.212. The van der Waals surface area contributed by atoms with Crippen LogP contribution in [-0.2, 0) is 105 Å². The predicted octanol–water partition coefficient (Wildman–Crippen LogP) is 19.3. The molecule has 9 aliphatic carbocycles. The van der Waals surface area contributed by atoms with Gasteiger partial charge in [0.05, 0.1) is 42.7 Å². The van der Waals surface area contributed by atoms with Crippen molar-refractivity contribution in [2.75, 3.05) is 42.7 Å². The average Bonchev–Trinajstić information content (AvgIpc) is 0.794. The first kappa shape index (κ1) is 114. The first-order valence-corrected chi connectivity index (χ1v) is 43.3. The Balaban J connectivity index is 0.000000719. The average molecular weight is 1770 g/mol. The van der Waals surface area contributed by atoms with Crippen LogP contribution in [-0.4, -0.2) is 147 Å². The second kappa shape index (κ2) is 53.3. The number of carbonyl (C=O) groups excluding carboxylic acids is 18. The van der Waals surface area contributed by atoms with E-state index in [1.54, 1.807) is 121 Å². The third-order valence-electron chi connectivity index (χ3n) is 22.9. The molecule has 0 aliphatic heterocycles. The first-order chi connectivity index (χ1) is 60.2. The Morgan fingerprint density at radius 3 is 0.852 bits per heavy atom. The molecule has 0 unspecified atom stereocenters. The maximum Gasteiger partial charge on any atom is 0.224 e. The molecule has 0 heterocycles. The van der Waals surface area contributed by atoms with E-state index < -0.39 is 0 Å². The zero-order valence-corrected chi connectivity index (χ0v) is 81.5. The molecule has 1 aromatic carbocycles. The first-order valence-electron chi connectivity index (χ1n) is 43.3. The SMILES string of the molecule is CC.CCC1=C(C)C(=O)C(C)=C(C)C1=O.CCC1=C(C)C(=O)C(C)=C(OC)C1=O.CCC1=C(C)C(=O)C(OC)=C(C)C1=O.CCC1=C(C)C(=O)C(OC)=C(CC)C1=O.CCC1=C(C)C(=O)c2ccccc2C1=O.CCC1=CC(=O)C(C)=C(C)C1=O.CCC1=CC(=O)C(C)=C(OC)C1=O.CCC1=CC(=O)C(OC)=C(C)C1=O.CCCCC1=C(OC)C(=O)C(C)=C(CC)C1=O. The van der Waals surface area contributed by atoms with Crippen LogP contribution in [0.5, 0.6) is 0 Å². The number of carbonyl (C=O) groups is 18. The van der Waals surface area contributed by atoms with Crippen LogP contribution in [0.25, 0.3) is 0 Å². The van der Waals surface area contributed by atoms with Gasteiger partial charge in [-0.3, -0.25) is 86.3 Å². The van der Waals surface area contributed by atoms with Crippen molar-refractivity contribution in [3.63, 3.8) is 0 Å². The molecule has 0 atom stereocenters. The van der Waals surface area contributed by atoms with Crippen molar-refractivity contribution in [2.45, 2.75) is 270 Å². The molecule has 128 heavy (non-hydrogen) atoms. The maximum absolute atomic E-state index is 12.2. The summed E-state index contributed by atoms with van der Waals surface area (Å²) in [5.74, 6) is -0.123. The number of allylic oxidation sites excluding steroid dienone is 28. The van der Waals surface area contributed by atoms with Crippen LogP contribution in [0.4, 0.5) is 0 Å². The molecule has 0 saturated carbocycles. The van der Waals surface area contributed by atoms with E-state index in [2.05, 4.69) is 6.92 Å². The summed E-state index contributed by atoms with van der Waals surface area (Å²) in [6.45, 7) is 48.3. The Morgan fingerprint density at radius 1 is 0.203 bits per heavy atom. The topological polar surface area (TPSA) is 363 Å². The van der Waals surface area contributed by atoms with Gasteiger partial charge >= 0.3 is 0 Å². The van der Waals surface area contributed by atoms with Crippen LogP contribution >= 0.6 is 0 Å². The lowest BCUT2D eigenvalue weighted by Crippen LogP contribution is -2.23. The molecule has 0 bridgehead atoms. The zero-order chi connectivity index (χ0) is 98.8. The number of Topliss-reactive ketones (excluding diaryl/α,β-unsaturated/α-hetero) is 15. The van der Waals surface area contributed by atoms with Crippen LogP contribution in [0.1, 0.15) is 291 Å². The molecular weight excluding hydrogens is 1630 g/mol. The van der Waals surface area contributed by atoms with Gasteiger partial charge in [-0.1, -0.05) is 121 Å². The fourth-order valence-corrected chi connectivity index (χ4v) is 14.7. The minimum absolute atomic E-state index is 0.00472. The van der Waals surface area contributed by atoms with Gasteiger partial charge in [-0.2, -0.15) is 0 Å². The Morgan fingerprint density at radius 2 is 0.461 bits per heavy atom. The van der Waals surface area contributed by atoms with Crippen LogP contribution in [0.3, 0.4) is 0 Å². The Bertz CT molecular complexity index is 5260. The van der Waals surface area contributed by atoms with E-state index in [0.29, 0.717) is 221 Å². The monoisotopic (exact) mass is 1760 g/mol. The second-order valence-corrected chi connectivity index (χ2v) is 30.0. The fourth-order valence-electron chi connectivity index (χ4n) is 14.7. The molecule has 0 spiro atoms. The van der Waals surface area contributed by atoms with Gasteiger partial charge in [-0.15, -0.1) is 0 Å². The van der Waals surface area contributed by atoms with Crippen molar-refractivity contribution >= 4 is 104 Å². The number of benzene rings is 1. The molecule has 24 heteroatoms. The van der Waals surface area contributed by atoms with Gasteiger partial charge in [0.2, 0.25) is 34.7 Å². The van der Waals surface area contributed by atoms with E-state index >= 15 is 0 Å². The minimum Gasteiger partial charge on any atom is -0.492 e. The molecule has 0 saturated heterocycles. The third kappa shape index (κ3) is 26.2. The quantitative estimate of drug-likeness (QED) is 0.116. The molecule has 0 aromatic heterocycles. The zero-order valence-electron chi connectivity index (χ0n) is 81.5. The van der Waals surface area contributed by atoms with E-state index in [9.17, 15) is 86.3 Å². The smallest absolute Gasteiger partial charge is 0.224 e. The molecular formula is C104H132O24. The van der Waals surface area contributed by atoms with E-state index in [1.165, 1.54) is 60.9 Å². The Hall–Kier alpha value is -12.3. The normalized spacial score (nSPS) is 17.3. The predicted molar refractivity (Wildman–Crippen MR) is 493 cm³/mol. The molecule has 0 radical (unpaired) electrons. The van der Waals surface area contributed by atoms with Crippen LogP contribution in [0.2, 0.25) is 0 Å². The molecule has 0 N–H and O–H groups in total. The number of methoxy groups -OCH3 is 6. The highest BCUT2D eigenvalue weighted by Crippen LogP contribution is 2.35. The number of hydrogen-bond acceptors (Lipinski definition) is 24. The number of ether oxygens (including phenoxy) is 6. The molecule has 0 amide bonds. The number of ketones is 18. The summed E-state index contributed by atoms with van der Waals surface area (Å²) >= 11 is 0. The Labute approximate surface area is 755 Å². The largest absolute Gasteiger partial charge is 0.492 e. The van der Waals surface area contributed by atoms with Gasteiger partial charge in [0, 0.05) is 150 Å². The number of rotatable bonds is 19. The number of unbranched alkanes of at least 4 members (excludes halogenated alkanes) is 1. The summed E-state index contributed by atoms with van der Waals surface area (Å²) in [5.41, 5.74) is 15.0. The van der Waals surface area contributed by atoms with E-state index in [0.717, 1.165) is 12.8 Å². The van der Waals surface area contributed by atoms with Crippen molar-refractivity contribution in [3.8, 4) is 0 Å².